The van der Waals surface area contributed by atoms with Gasteiger partial charge in [0.15, 0.2) is 5.75 Å². The lowest BCUT2D eigenvalue weighted by molar-refractivity contribution is 0.0942. The second-order valence-electron chi connectivity index (χ2n) is 5.22. The van der Waals surface area contributed by atoms with Crippen LogP contribution in [0.2, 0.25) is 10.0 Å². The van der Waals surface area contributed by atoms with Crippen LogP contribution in [0.4, 0.5) is 0 Å². The fraction of sp³-hybridized carbons (Fsp3) is 0.312. The van der Waals surface area contributed by atoms with E-state index in [2.05, 4.69) is 21.7 Å². The van der Waals surface area contributed by atoms with Crippen molar-refractivity contribution in [3.05, 3.63) is 50.1 Å². The standard InChI is InChI=1S/C16H18Cl2N2O2S/c1-20(2)14(10-4-5-23-9-10)8-19-16(21)11-6-12(17)15(22-3)13(18)7-11/h4-7,9,14H,8H2,1-3H3,(H,19,21). The minimum absolute atomic E-state index is 0.106. The van der Waals surface area contributed by atoms with Crippen LogP contribution in [0.15, 0.2) is 29.0 Å². The largest absolute Gasteiger partial charge is 0.494 e. The first-order valence-electron chi connectivity index (χ1n) is 6.93. The minimum Gasteiger partial charge on any atom is -0.494 e. The average molecular weight is 373 g/mol. The van der Waals surface area contributed by atoms with Crippen LogP contribution in [-0.4, -0.2) is 38.6 Å². The first-order chi connectivity index (χ1) is 10.9. The highest BCUT2D eigenvalue weighted by Gasteiger charge is 2.18. The molecule has 1 heterocycles. The Bertz CT molecular complexity index is 652. The zero-order valence-corrected chi connectivity index (χ0v) is 15.4. The van der Waals surface area contributed by atoms with Crippen LogP contribution in [0.25, 0.3) is 0 Å². The maximum atomic E-state index is 12.4. The zero-order valence-electron chi connectivity index (χ0n) is 13.1. The molecule has 2 rings (SSSR count). The van der Waals surface area contributed by atoms with Gasteiger partial charge >= 0.3 is 0 Å². The molecular weight excluding hydrogens is 355 g/mol. The summed E-state index contributed by atoms with van der Waals surface area (Å²) in [6.07, 6.45) is 0. The number of carbonyl (C=O) groups is 1. The summed E-state index contributed by atoms with van der Waals surface area (Å²) >= 11 is 13.8. The SMILES string of the molecule is COc1c(Cl)cc(C(=O)NCC(c2ccsc2)N(C)C)cc1Cl. The van der Waals surface area contributed by atoms with Crippen molar-refractivity contribution in [1.29, 1.82) is 0 Å². The Labute approximate surface area is 150 Å². The third-order valence-electron chi connectivity index (χ3n) is 3.47. The third kappa shape index (κ3) is 4.38. The topological polar surface area (TPSA) is 41.6 Å². The van der Waals surface area contributed by atoms with Crippen molar-refractivity contribution >= 4 is 40.4 Å². The molecule has 1 N–H and O–H groups in total. The van der Waals surface area contributed by atoms with E-state index >= 15 is 0 Å². The first-order valence-corrected chi connectivity index (χ1v) is 8.63. The molecule has 2 aromatic rings. The Morgan fingerprint density at radius 2 is 2.00 bits per heavy atom. The van der Waals surface area contributed by atoms with Crippen molar-refractivity contribution in [2.24, 2.45) is 0 Å². The van der Waals surface area contributed by atoms with Crippen LogP contribution in [-0.2, 0) is 0 Å². The second-order valence-corrected chi connectivity index (χ2v) is 6.81. The molecule has 0 aliphatic carbocycles. The number of methoxy groups -OCH3 is 1. The van der Waals surface area contributed by atoms with Gasteiger partial charge in [-0.15, -0.1) is 0 Å². The van der Waals surface area contributed by atoms with Crippen molar-refractivity contribution in [3.8, 4) is 5.75 Å². The van der Waals surface area contributed by atoms with E-state index in [9.17, 15) is 4.79 Å². The summed E-state index contributed by atoms with van der Waals surface area (Å²) < 4.78 is 5.09. The van der Waals surface area contributed by atoms with Gasteiger partial charge in [-0.25, -0.2) is 0 Å². The quantitative estimate of drug-likeness (QED) is 0.829. The van der Waals surface area contributed by atoms with Crippen molar-refractivity contribution in [2.75, 3.05) is 27.7 Å². The lowest BCUT2D eigenvalue weighted by Gasteiger charge is -2.24. The lowest BCUT2D eigenvalue weighted by Crippen LogP contribution is -2.34. The fourth-order valence-corrected chi connectivity index (χ4v) is 3.59. The number of benzene rings is 1. The van der Waals surface area contributed by atoms with E-state index in [4.69, 9.17) is 27.9 Å². The Kier molecular flexibility index (Phi) is 6.30. The number of amides is 1. The molecule has 0 aliphatic rings. The van der Waals surface area contributed by atoms with E-state index in [-0.39, 0.29) is 11.9 Å². The van der Waals surface area contributed by atoms with Gasteiger partial charge in [-0.1, -0.05) is 23.2 Å². The van der Waals surface area contributed by atoms with E-state index in [0.717, 1.165) is 0 Å². The fourth-order valence-electron chi connectivity index (χ4n) is 2.24. The number of nitrogens with zero attached hydrogens (tertiary/aromatic N) is 1. The molecule has 0 aliphatic heterocycles. The smallest absolute Gasteiger partial charge is 0.251 e. The summed E-state index contributed by atoms with van der Waals surface area (Å²) in [6.45, 7) is 0.490. The van der Waals surface area contributed by atoms with Gasteiger partial charge in [-0.3, -0.25) is 4.79 Å². The van der Waals surface area contributed by atoms with Gasteiger partial charge in [-0.2, -0.15) is 11.3 Å². The summed E-state index contributed by atoms with van der Waals surface area (Å²) in [5.41, 5.74) is 1.58. The van der Waals surface area contributed by atoms with Crippen molar-refractivity contribution < 1.29 is 9.53 Å². The summed E-state index contributed by atoms with van der Waals surface area (Å²) in [5.74, 6) is 0.146. The van der Waals surface area contributed by atoms with E-state index in [1.165, 1.54) is 12.7 Å². The molecule has 1 aromatic heterocycles. The molecule has 23 heavy (non-hydrogen) atoms. The van der Waals surface area contributed by atoms with E-state index in [0.29, 0.717) is 27.9 Å². The second kappa shape index (κ2) is 8.02. The molecular formula is C16H18Cl2N2O2S. The van der Waals surface area contributed by atoms with Gasteiger partial charge < -0.3 is 15.0 Å². The number of rotatable bonds is 6. The van der Waals surface area contributed by atoms with Gasteiger partial charge in [0, 0.05) is 12.1 Å². The Morgan fingerprint density at radius 3 is 2.48 bits per heavy atom. The predicted octanol–water partition coefficient (Wildman–Crippen LogP) is 4.10. The van der Waals surface area contributed by atoms with E-state index < -0.39 is 0 Å². The Balaban J connectivity index is 2.10. The van der Waals surface area contributed by atoms with Gasteiger partial charge in [-0.05, 0) is 48.6 Å². The number of halogens is 2. The van der Waals surface area contributed by atoms with Crippen molar-refractivity contribution in [1.82, 2.24) is 10.2 Å². The maximum Gasteiger partial charge on any atom is 0.251 e. The number of hydrogen-bond acceptors (Lipinski definition) is 4. The molecule has 0 radical (unpaired) electrons. The van der Waals surface area contributed by atoms with Crippen LogP contribution < -0.4 is 10.1 Å². The van der Waals surface area contributed by atoms with Gasteiger partial charge in [0.25, 0.3) is 5.91 Å². The highest BCUT2D eigenvalue weighted by molar-refractivity contribution is 7.08. The molecule has 1 atom stereocenters. The van der Waals surface area contributed by atoms with Crippen molar-refractivity contribution in [3.63, 3.8) is 0 Å². The van der Waals surface area contributed by atoms with Crippen LogP contribution in [0.3, 0.4) is 0 Å². The summed E-state index contributed by atoms with van der Waals surface area (Å²) in [7, 11) is 5.45. The number of ether oxygens (including phenoxy) is 1. The van der Waals surface area contributed by atoms with Crippen LogP contribution in [0.1, 0.15) is 22.0 Å². The van der Waals surface area contributed by atoms with Gasteiger partial charge in [0.05, 0.1) is 23.2 Å². The molecule has 0 bridgehead atoms. The molecule has 0 spiro atoms. The van der Waals surface area contributed by atoms with E-state index in [1.807, 2.05) is 19.5 Å². The molecule has 4 nitrogen and oxygen atoms in total. The van der Waals surface area contributed by atoms with Gasteiger partial charge in [0.2, 0.25) is 0 Å². The number of nitrogens with one attached hydrogen (secondary N) is 1. The van der Waals surface area contributed by atoms with E-state index in [1.54, 1.807) is 23.5 Å². The monoisotopic (exact) mass is 372 g/mol. The Morgan fingerprint density at radius 1 is 1.35 bits per heavy atom. The zero-order chi connectivity index (χ0) is 17.0. The molecule has 1 amide bonds. The minimum atomic E-state index is -0.224. The third-order valence-corrected chi connectivity index (χ3v) is 4.73. The van der Waals surface area contributed by atoms with Crippen molar-refractivity contribution in [2.45, 2.75) is 6.04 Å². The summed E-state index contributed by atoms with van der Waals surface area (Å²) in [5, 5.41) is 7.66. The highest BCUT2D eigenvalue weighted by Crippen LogP contribution is 2.33. The number of thiophene rings is 1. The first kappa shape index (κ1) is 18.1. The normalized spacial score (nSPS) is 12.3. The molecule has 1 unspecified atom stereocenters. The number of likely N-dealkylation sites (N-methyl/N-ethyl adjacent to an activating group) is 1. The molecule has 1 aromatic carbocycles. The Hall–Kier alpha value is -1.27. The van der Waals surface area contributed by atoms with Crippen LogP contribution in [0, 0.1) is 0 Å². The molecule has 0 fully saturated rings. The maximum absolute atomic E-state index is 12.4. The van der Waals surface area contributed by atoms with Crippen LogP contribution >= 0.6 is 34.5 Å². The number of carbonyl (C=O) groups excluding carboxylic acids is 1. The lowest BCUT2D eigenvalue weighted by atomic mass is 10.1. The average Bonchev–Trinajstić information content (AvgIpc) is 3.00. The number of hydrogen-bond donors (Lipinski definition) is 1. The molecule has 0 saturated heterocycles. The highest BCUT2D eigenvalue weighted by atomic mass is 35.5. The molecule has 124 valence electrons. The summed E-state index contributed by atoms with van der Waals surface area (Å²) in [6, 6.07) is 5.27. The predicted molar refractivity (Wildman–Crippen MR) is 96.1 cm³/mol. The summed E-state index contributed by atoms with van der Waals surface area (Å²) in [4.78, 5) is 14.4. The molecule has 0 saturated carbocycles. The van der Waals surface area contributed by atoms with Gasteiger partial charge in [0.1, 0.15) is 0 Å². The molecule has 7 heteroatoms. The van der Waals surface area contributed by atoms with Crippen LogP contribution in [0.5, 0.6) is 5.75 Å².